The van der Waals surface area contributed by atoms with Crippen LogP contribution in [0.2, 0.25) is 0 Å². The molecule has 1 aliphatic carbocycles. The molecular formula is C27H30N2O6. The van der Waals surface area contributed by atoms with Crippen molar-refractivity contribution in [1.82, 2.24) is 5.32 Å². The quantitative estimate of drug-likeness (QED) is 0.612. The number of carbonyl (C=O) groups is 2. The molecule has 2 aliphatic rings. The molecule has 0 radical (unpaired) electrons. The van der Waals surface area contributed by atoms with E-state index in [1.54, 1.807) is 32.4 Å². The van der Waals surface area contributed by atoms with Crippen molar-refractivity contribution < 1.29 is 28.5 Å². The van der Waals surface area contributed by atoms with E-state index in [1.165, 1.54) is 14.2 Å². The highest BCUT2D eigenvalue weighted by molar-refractivity contribution is 6.10. The first kappa shape index (κ1) is 24.2. The van der Waals surface area contributed by atoms with E-state index in [1.807, 2.05) is 25.1 Å². The molecule has 0 bridgehead atoms. The van der Waals surface area contributed by atoms with Gasteiger partial charge < -0.3 is 29.6 Å². The Balaban J connectivity index is 1.89. The standard InChI is InChI=1S/C27H30N2O6/c1-15-22(27(31)29-17-9-6-7-12-20(17)32-2)23(24-18(28-15)10-8-11-19(24)30)16-13-14-21(33-3)26(35-5)25(16)34-4/h6-7,9,12-14,23,28H,8,10-11H2,1-5H3,(H,29,31). The van der Waals surface area contributed by atoms with Gasteiger partial charge in [0.25, 0.3) is 5.91 Å². The van der Waals surface area contributed by atoms with Gasteiger partial charge in [-0.2, -0.15) is 0 Å². The first-order chi connectivity index (χ1) is 16.9. The number of hydrogen-bond donors (Lipinski definition) is 2. The second kappa shape index (κ2) is 10.1. The van der Waals surface area contributed by atoms with E-state index >= 15 is 0 Å². The fourth-order valence-electron chi connectivity index (χ4n) is 4.88. The van der Waals surface area contributed by atoms with Crippen molar-refractivity contribution in [3.63, 3.8) is 0 Å². The summed E-state index contributed by atoms with van der Waals surface area (Å²) in [6, 6.07) is 10.8. The summed E-state index contributed by atoms with van der Waals surface area (Å²) in [7, 11) is 6.15. The van der Waals surface area contributed by atoms with Gasteiger partial charge >= 0.3 is 0 Å². The first-order valence-electron chi connectivity index (χ1n) is 11.4. The normalized spacial score (nSPS) is 17.4. The number of benzene rings is 2. The fourth-order valence-corrected chi connectivity index (χ4v) is 4.88. The lowest BCUT2D eigenvalue weighted by molar-refractivity contribution is -0.116. The highest BCUT2D eigenvalue weighted by Gasteiger charge is 2.40. The summed E-state index contributed by atoms with van der Waals surface area (Å²) >= 11 is 0. The number of dihydropyridines is 1. The zero-order chi connectivity index (χ0) is 25.1. The van der Waals surface area contributed by atoms with Crippen LogP contribution in [0.5, 0.6) is 23.0 Å². The van der Waals surface area contributed by atoms with Crippen LogP contribution in [0.1, 0.15) is 37.7 Å². The van der Waals surface area contributed by atoms with Crippen LogP contribution in [-0.4, -0.2) is 40.1 Å². The Morgan fingerprint density at radius 2 is 1.63 bits per heavy atom. The molecule has 0 saturated carbocycles. The summed E-state index contributed by atoms with van der Waals surface area (Å²) in [4.78, 5) is 27.0. The van der Waals surface area contributed by atoms with Crippen molar-refractivity contribution >= 4 is 17.4 Å². The number of para-hydroxylation sites is 2. The lowest BCUT2D eigenvalue weighted by atomic mass is 9.74. The van der Waals surface area contributed by atoms with Gasteiger partial charge in [0.2, 0.25) is 5.75 Å². The van der Waals surface area contributed by atoms with Crippen LogP contribution < -0.4 is 29.6 Å². The summed E-state index contributed by atoms with van der Waals surface area (Å²) in [5.74, 6) is 0.868. The molecule has 2 aromatic rings. The average Bonchev–Trinajstić information content (AvgIpc) is 2.87. The largest absolute Gasteiger partial charge is 0.495 e. The fraction of sp³-hybridized carbons (Fsp3) is 0.333. The maximum Gasteiger partial charge on any atom is 0.254 e. The minimum Gasteiger partial charge on any atom is -0.495 e. The maximum atomic E-state index is 13.8. The zero-order valence-electron chi connectivity index (χ0n) is 20.6. The van der Waals surface area contributed by atoms with E-state index < -0.39 is 5.92 Å². The number of hydrogen-bond acceptors (Lipinski definition) is 7. The van der Waals surface area contributed by atoms with Gasteiger partial charge in [-0.15, -0.1) is 0 Å². The monoisotopic (exact) mass is 478 g/mol. The number of carbonyl (C=O) groups excluding carboxylic acids is 2. The second-order valence-electron chi connectivity index (χ2n) is 8.34. The minimum atomic E-state index is -0.650. The van der Waals surface area contributed by atoms with Gasteiger partial charge in [-0.1, -0.05) is 18.2 Å². The van der Waals surface area contributed by atoms with Crippen molar-refractivity contribution in [2.24, 2.45) is 0 Å². The van der Waals surface area contributed by atoms with E-state index in [9.17, 15) is 9.59 Å². The summed E-state index contributed by atoms with van der Waals surface area (Å²) < 4.78 is 22.2. The molecule has 2 N–H and O–H groups in total. The molecule has 8 nitrogen and oxygen atoms in total. The third-order valence-electron chi connectivity index (χ3n) is 6.42. The molecule has 8 heteroatoms. The van der Waals surface area contributed by atoms with Crippen LogP contribution in [0.3, 0.4) is 0 Å². The van der Waals surface area contributed by atoms with Gasteiger partial charge in [-0.05, 0) is 38.0 Å². The number of allylic oxidation sites excluding steroid dienone is 3. The summed E-state index contributed by atoms with van der Waals surface area (Å²) in [6.45, 7) is 1.85. The van der Waals surface area contributed by atoms with Crippen LogP contribution >= 0.6 is 0 Å². The van der Waals surface area contributed by atoms with E-state index in [0.29, 0.717) is 57.5 Å². The molecule has 0 saturated heterocycles. The Hall–Kier alpha value is -3.94. The first-order valence-corrected chi connectivity index (χ1v) is 11.4. The highest BCUT2D eigenvalue weighted by atomic mass is 16.5. The van der Waals surface area contributed by atoms with Crippen molar-refractivity contribution in [1.29, 1.82) is 0 Å². The number of ether oxygens (including phenoxy) is 4. The summed E-state index contributed by atoms with van der Waals surface area (Å²) in [5, 5.41) is 6.30. The molecule has 0 spiro atoms. The molecule has 35 heavy (non-hydrogen) atoms. The Morgan fingerprint density at radius 3 is 2.31 bits per heavy atom. The lowest BCUT2D eigenvalue weighted by Crippen LogP contribution is -2.35. The topological polar surface area (TPSA) is 95.1 Å². The van der Waals surface area contributed by atoms with Crippen LogP contribution in [0.4, 0.5) is 5.69 Å². The van der Waals surface area contributed by atoms with Crippen molar-refractivity contribution in [2.75, 3.05) is 33.8 Å². The molecule has 1 unspecified atom stereocenters. The maximum absolute atomic E-state index is 13.8. The molecule has 184 valence electrons. The summed E-state index contributed by atoms with van der Waals surface area (Å²) in [6.07, 6.45) is 1.91. The van der Waals surface area contributed by atoms with Crippen molar-refractivity contribution in [3.05, 3.63) is 64.5 Å². The SMILES string of the molecule is COc1ccccc1NC(=O)C1=C(C)NC2=C(C(=O)CCC2)C1c1ccc(OC)c(OC)c1OC. The Kier molecular flexibility index (Phi) is 7.00. The van der Waals surface area contributed by atoms with Gasteiger partial charge in [-0.25, -0.2) is 0 Å². The average molecular weight is 479 g/mol. The van der Waals surface area contributed by atoms with Gasteiger partial charge in [-0.3, -0.25) is 9.59 Å². The van der Waals surface area contributed by atoms with Crippen molar-refractivity contribution in [2.45, 2.75) is 32.1 Å². The van der Waals surface area contributed by atoms with E-state index in [4.69, 9.17) is 18.9 Å². The van der Waals surface area contributed by atoms with Crippen LogP contribution in [0.25, 0.3) is 0 Å². The molecule has 0 aromatic heterocycles. The van der Waals surface area contributed by atoms with Crippen molar-refractivity contribution in [3.8, 4) is 23.0 Å². The molecule has 0 fully saturated rings. The number of amides is 1. The zero-order valence-corrected chi connectivity index (χ0v) is 20.6. The molecule has 1 amide bonds. The Labute approximate surface area is 204 Å². The third kappa shape index (κ3) is 4.32. The smallest absolute Gasteiger partial charge is 0.254 e. The number of methoxy groups -OCH3 is 4. The number of anilines is 1. The van der Waals surface area contributed by atoms with E-state index in [2.05, 4.69) is 10.6 Å². The number of Topliss-reactive ketones (excluding diaryl/α,β-unsaturated/α-hetero) is 1. The predicted octanol–water partition coefficient (Wildman–Crippen LogP) is 4.33. The Morgan fingerprint density at radius 1 is 0.914 bits per heavy atom. The molecular weight excluding hydrogens is 448 g/mol. The number of rotatable bonds is 7. The second-order valence-corrected chi connectivity index (χ2v) is 8.34. The van der Waals surface area contributed by atoms with Gasteiger partial charge in [0.05, 0.1) is 40.0 Å². The number of nitrogens with one attached hydrogen (secondary N) is 2. The molecule has 1 aliphatic heterocycles. The third-order valence-corrected chi connectivity index (χ3v) is 6.42. The Bertz CT molecular complexity index is 1230. The molecule has 2 aromatic carbocycles. The number of ketones is 1. The van der Waals surface area contributed by atoms with Gasteiger partial charge in [0.1, 0.15) is 5.75 Å². The highest BCUT2D eigenvalue weighted by Crippen LogP contribution is 2.50. The van der Waals surface area contributed by atoms with Crippen LogP contribution in [-0.2, 0) is 9.59 Å². The molecule has 4 rings (SSSR count). The summed E-state index contributed by atoms with van der Waals surface area (Å²) in [5.41, 5.74) is 3.71. The van der Waals surface area contributed by atoms with Gasteiger partial charge in [0.15, 0.2) is 17.3 Å². The predicted molar refractivity (Wildman–Crippen MR) is 132 cm³/mol. The van der Waals surface area contributed by atoms with E-state index in [0.717, 1.165) is 18.5 Å². The minimum absolute atomic E-state index is 0.00989. The van der Waals surface area contributed by atoms with Gasteiger partial charge in [0, 0.05) is 34.5 Å². The lowest BCUT2D eigenvalue weighted by Gasteiger charge is -2.35. The van der Waals surface area contributed by atoms with E-state index in [-0.39, 0.29) is 11.7 Å². The van der Waals surface area contributed by atoms with Crippen LogP contribution in [0, 0.1) is 0 Å². The molecule has 1 heterocycles. The van der Waals surface area contributed by atoms with Crippen LogP contribution in [0.15, 0.2) is 58.9 Å². The molecule has 1 atom stereocenters.